The molecule has 0 bridgehead atoms. The normalized spacial score (nSPS) is 23.6. The van der Waals surface area contributed by atoms with Gasteiger partial charge in [-0.1, -0.05) is 19.8 Å². The van der Waals surface area contributed by atoms with Gasteiger partial charge in [0, 0.05) is 6.04 Å². The zero-order chi connectivity index (χ0) is 13.1. The van der Waals surface area contributed by atoms with E-state index in [0.717, 1.165) is 19.3 Å². The fraction of sp³-hybridized carbons (Fsp3) is 0.583. The number of aromatic carboxylic acids is 1. The molecule has 2 atom stereocenters. The van der Waals surface area contributed by atoms with E-state index in [1.54, 1.807) is 0 Å². The van der Waals surface area contributed by atoms with E-state index in [9.17, 15) is 9.59 Å². The Kier molecular flexibility index (Phi) is 3.64. The van der Waals surface area contributed by atoms with Gasteiger partial charge < -0.3 is 15.4 Å². The molecular weight excluding hydrogens is 234 g/mol. The maximum absolute atomic E-state index is 12.0. The first kappa shape index (κ1) is 12.6. The van der Waals surface area contributed by atoms with Gasteiger partial charge in [0.1, 0.15) is 0 Å². The molecule has 3 N–H and O–H groups in total. The lowest BCUT2D eigenvalue weighted by Gasteiger charge is -2.29. The van der Waals surface area contributed by atoms with Crippen molar-refractivity contribution < 1.29 is 14.7 Å². The van der Waals surface area contributed by atoms with E-state index in [1.165, 1.54) is 12.7 Å². The van der Waals surface area contributed by atoms with Gasteiger partial charge in [0.05, 0.1) is 6.33 Å². The van der Waals surface area contributed by atoms with Crippen LogP contribution in [0, 0.1) is 5.92 Å². The van der Waals surface area contributed by atoms with Crippen LogP contribution in [0.3, 0.4) is 0 Å². The Morgan fingerprint density at radius 3 is 2.83 bits per heavy atom. The number of hydrogen-bond acceptors (Lipinski definition) is 3. The van der Waals surface area contributed by atoms with Gasteiger partial charge in [-0.3, -0.25) is 4.79 Å². The molecular formula is C12H17N3O3. The molecule has 1 fully saturated rings. The highest BCUT2D eigenvalue weighted by Gasteiger charge is 2.26. The monoisotopic (exact) mass is 251 g/mol. The summed E-state index contributed by atoms with van der Waals surface area (Å²) in [4.78, 5) is 29.1. The molecule has 18 heavy (non-hydrogen) atoms. The summed E-state index contributed by atoms with van der Waals surface area (Å²) >= 11 is 0. The van der Waals surface area contributed by atoms with Crippen molar-refractivity contribution in [1.82, 2.24) is 15.3 Å². The fourth-order valence-corrected chi connectivity index (χ4v) is 2.40. The van der Waals surface area contributed by atoms with Gasteiger partial charge in [-0.05, 0) is 18.8 Å². The molecule has 1 aliphatic carbocycles. The van der Waals surface area contributed by atoms with Gasteiger partial charge in [0.15, 0.2) is 11.4 Å². The Bertz CT molecular complexity index is 455. The number of nitrogens with zero attached hydrogens (tertiary/aromatic N) is 1. The molecule has 0 aromatic carbocycles. The molecule has 6 nitrogen and oxygen atoms in total. The Morgan fingerprint density at radius 2 is 2.17 bits per heavy atom. The number of nitrogens with one attached hydrogen (secondary N) is 2. The summed E-state index contributed by atoms with van der Waals surface area (Å²) in [5.41, 5.74) is -0.198. The predicted octanol–water partition coefficient (Wildman–Crippen LogP) is 1.42. The van der Waals surface area contributed by atoms with Crippen LogP contribution in [0.1, 0.15) is 53.6 Å². The average Bonchev–Trinajstić information content (AvgIpc) is 2.81. The summed E-state index contributed by atoms with van der Waals surface area (Å²) in [5, 5.41) is 11.8. The highest BCUT2D eigenvalue weighted by atomic mass is 16.4. The molecule has 1 aromatic heterocycles. The number of imidazole rings is 1. The minimum atomic E-state index is -1.17. The van der Waals surface area contributed by atoms with Crippen molar-refractivity contribution in [2.75, 3.05) is 0 Å². The molecule has 0 aliphatic heterocycles. The minimum absolute atomic E-state index is 0.0414. The summed E-state index contributed by atoms with van der Waals surface area (Å²) in [5.74, 6) is -1.16. The van der Waals surface area contributed by atoms with Crippen molar-refractivity contribution in [3.05, 3.63) is 17.7 Å². The van der Waals surface area contributed by atoms with Crippen molar-refractivity contribution in [1.29, 1.82) is 0 Å². The number of rotatable bonds is 3. The van der Waals surface area contributed by atoms with Gasteiger partial charge in [-0.15, -0.1) is 0 Å². The van der Waals surface area contributed by atoms with E-state index in [1.807, 2.05) is 0 Å². The average molecular weight is 251 g/mol. The molecule has 0 spiro atoms. The Balaban J connectivity index is 2.07. The summed E-state index contributed by atoms with van der Waals surface area (Å²) in [6, 6.07) is 0.115. The standard InChI is InChI=1S/C12H17N3O3/c1-7-4-2-3-5-8(7)15-11(16)9-10(12(17)18)14-6-13-9/h6-8H,2-5H2,1H3,(H,13,14)(H,15,16)(H,17,18). The topological polar surface area (TPSA) is 95.1 Å². The van der Waals surface area contributed by atoms with Crippen molar-refractivity contribution in [2.45, 2.75) is 38.6 Å². The molecule has 2 unspecified atom stereocenters. The fourth-order valence-electron chi connectivity index (χ4n) is 2.40. The van der Waals surface area contributed by atoms with E-state index < -0.39 is 11.9 Å². The van der Waals surface area contributed by atoms with E-state index in [-0.39, 0.29) is 17.4 Å². The second kappa shape index (κ2) is 5.20. The van der Waals surface area contributed by atoms with Gasteiger partial charge in [0.25, 0.3) is 5.91 Å². The number of hydrogen-bond donors (Lipinski definition) is 3. The van der Waals surface area contributed by atoms with Crippen LogP contribution in [-0.2, 0) is 0 Å². The quantitative estimate of drug-likeness (QED) is 0.757. The second-order valence-corrected chi connectivity index (χ2v) is 4.77. The van der Waals surface area contributed by atoms with Crippen LogP contribution in [0.4, 0.5) is 0 Å². The van der Waals surface area contributed by atoms with E-state index in [4.69, 9.17) is 5.11 Å². The van der Waals surface area contributed by atoms with Crippen LogP contribution >= 0.6 is 0 Å². The lowest BCUT2D eigenvalue weighted by molar-refractivity contribution is 0.0683. The lowest BCUT2D eigenvalue weighted by atomic mass is 9.86. The molecule has 1 saturated carbocycles. The van der Waals surface area contributed by atoms with Crippen molar-refractivity contribution >= 4 is 11.9 Å². The molecule has 6 heteroatoms. The predicted molar refractivity (Wildman–Crippen MR) is 64.4 cm³/mol. The number of aromatic amines is 1. The molecule has 2 rings (SSSR count). The molecule has 0 saturated heterocycles. The van der Waals surface area contributed by atoms with Gasteiger partial charge in [0.2, 0.25) is 0 Å². The number of carboxylic acids is 1. The highest BCUT2D eigenvalue weighted by Crippen LogP contribution is 2.24. The third kappa shape index (κ3) is 2.52. The lowest BCUT2D eigenvalue weighted by Crippen LogP contribution is -2.41. The highest BCUT2D eigenvalue weighted by molar-refractivity contribution is 6.02. The molecule has 1 heterocycles. The third-order valence-electron chi connectivity index (χ3n) is 3.50. The smallest absolute Gasteiger partial charge is 0.354 e. The van der Waals surface area contributed by atoms with Gasteiger partial charge in [-0.2, -0.15) is 0 Å². The summed E-state index contributed by atoms with van der Waals surface area (Å²) < 4.78 is 0. The first-order chi connectivity index (χ1) is 8.59. The van der Waals surface area contributed by atoms with E-state index in [0.29, 0.717) is 5.92 Å². The zero-order valence-electron chi connectivity index (χ0n) is 10.3. The maximum atomic E-state index is 12.0. The van der Waals surface area contributed by atoms with Crippen molar-refractivity contribution in [2.24, 2.45) is 5.92 Å². The molecule has 1 amide bonds. The van der Waals surface area contributed by atoms with Gasteiger partial charge >= 0.3 is 5.97 Å². The third-order valence-corrected chi connectivity index (χ3v) is 3.50. The molecule has 1 aliphatic rings. The minimum Gasteiger partial charge on any atom is -0.477 e. The summed E-state index contributed by atoms with van der Waals surface area (Å²) in [6.45, 7) is 2.10. The largest absolute Gasteiger partial charge is 0.477 e. The van der Waals surface area contributed by atoms with E-state index >= 15 is 0 Å². The van der Waals surface area contributed by atoms with Crippen molar-refractivity contribution in [3.63, 3.8) is 0 Å². The summed E-state index contributed by atoms with van der Waals surface area (Å²) in [7, 11) is 0. The van der Waals surface area contributed by atoms with Crippen LogP contribution in [0.25, 0.3) is 0 Å². The van der Waals surface area contributed by atoms with E-state index in [2.05, 4.69) is 22.2 Å². The van der Waals surface area contributed by atoms with Crippen LogP contribution in [0.15, 0.2) is 6.33 Å². The van der Waals surface area contributed by atoms with Crippen LogP contribution in [0.2, 0.25) is 0 Å². The number of carbonyl (C=O) groups is 2. The molecule has 1 aromatic rings. The SMILES string of the molecule is CC1CCCCC1NC(=O)c1nc[nH]c1C(=O)O. The van der Waals surface area contributed by atoms with Gasteiger partial charge in [-0.25, -0.2) is 9.78 Å². The number of H-pyrrole nitrogens is 1. The first-order valence-corrected chi connectivity index (χ1v) is 6.17. The number of carboxylic acid groups (broad SMARTS) is 1. The summed E-state index contributed by atoms with van der Waals surface area (Å²) in [6.07, 6.45) is 5.55. The van der Waals surface area contributed by atoms with Crippen molar-refractivity contribution in [3.8, 4) is 0 Å². The number of amides is 1. The van der Waals surface area contributed by atoms with Crippen LogP contribution in [-0.4, -0.2) is 33.0 Å². The Morgan fingerprint density at radius 1 is 1.44 bits per heavy atom. The zero-order valence-corrected chi connectivity index (χ0v) is 10.3. The number of carbonyl (C=O) groups excluding carboxylic acids is 1. The van der Waals surface area contributed by atoms with Crippen LogP contribution < -0.4 is 5.32 Å². The first-order valence-electron chi connectivity index (χ1n) is 6.17. The second-order valence-electron chi connectivity index (χ2n) is 4.77. The Labute approximate surface area is 105 Å². The maximum Gasteiger partial charge on any atom is 0.354 e. The molecule has 0 radical (unpaired) electrons. The number of aromatic nitrogens is 2. The molecule has 98 valence electrons. The van der Waals surface area contributed by atoms with Crippen LogP contribution in [0.5, 0.6) is 0 Å². The Hall–Kier alpha value is -1.85.